The molecule has 0 saturated heterocycles. The molecule has 3 rings (SSSR count). The highest BCUT2D eigenvalue weighted by molar-refractivity contribution is 7.18. The molecule has 1 heterocycles. The molecule has 0 unspecified atom stereocenters. The molecule has 2 amide bonds. The molecule has 1 N–H and O–H groups in total. The Morgan fingerprint density at radius 1 is 1.06 bits per heavy atom. The summed E-state index contributed by atoms with van der Waals surface area (Å²) in [6.07, 6.45) is 5.45. The SMILES string of the molecule is CCOC(=O)CCC(=O)N(CCC(=O)Nc1nnc(-c2ccc(OC)cc2)s1)C1CCCCC1. The van der Waals surface area contributed by atoms with Crippen molar-refractivity contribution in [3.8, 4) is 16.3 Å². The minimum atomic E-state index is -0.374. The summed E-state index contributed by atoms with van der Waals surface area (Å²) in [7, 11) is 1.61. The lowest BCUT2D eigenvalue weighted by molar-refractivity contribution is -0.146. The van der Waals surface area contributed by atoms with E-state index in [2.05, 4.69) is 15.5 Å². The minimum absolute atomic E-state index is 0.0566. The van der Waals surface area contributed by atoms with E-state index in [4.69, 9.17) is 9.47 Å². The molecule has 10 heteroatoms. The number of nitrogens with one attached hydrogen (secondary N) is 1. The lowest BCUT2D eigenvalue weighted by atomic mass is 9.93. The molecule has 2 aromatic rings. The highest BCUT2D eigenvalue weighted by Gasteiger charge is 2.26. The smallest absolute Gasteiger partial charge is 0.306 e. The van der Waals surface area contributed by atoms with Gasteiger partial charge in [0, 0.05) is 31.0 Å². The number of nitrogens with zero attached hydrogens (tertiary/aromatic N) is 3. The number of benzene rings is 1. The fourth-order valence-electron chi connectivity index (χ4n) is 4.02. The van der Waals surface area contributed by atoms with E-state index in [1.165, 1.54) is 11.3 Å². The molecule has 1 saturated carbocycles. The van der Waals surface area contributed by atoms with E-state index in [0.717, 1.165) is 43.4 Å². The topological polar surface area (TPSA) is 111 Å². The van der Waals surface area contributed by atoms with Crippen molar-refractivity contribution < 1.29 is 23.9 Å². The van der Waals surface area contributed by atoms with Crippen molar-refractivity contribution >= 4 is 34.3 Å². The van der Waals surface area contributed by atoms with Crippen LogP contribution in [0.1, 0.15) is 58.3 Å². The normalized spacial score (nSPS) is 13.8. The van der Waals surface area contributed by atoms with E-state index in [1.807, 2.05) is 24.3 Å². The number of carbonyl (C=O) groups is 3. The monoisotopic (exact) mass is 488 g/mol. The highest BCUT2D eigenvalue weighted by Crippen LogP contribution is 2.28. The quantitative estimate of drug-likeness (QED) is 0.475. The number of aromatic nitrogens is 2. The van der Waals surface area contributed by atoms with Crippen LogP contribution in [0.25, 0.3) is 10.6 Å². The summed E-state index contributed by atoms with van der Waals surface area (Å²) < 4.78 is 10.1. The number of anilines is 1. The maximum absolute atomic E-state index is 12.9. The van der Waals surface area contributed by atoms with Gasteiger partial charge in [0.25, 0.3) is 0 Å². The summed E-state index contributed by atoms with van der Waals surface area (Å²) >= 11 is 1.29. The molecule has 0 aliphatic heterocycles. The van der Waals surface area contributed by atoms with Crippen molar-refractivity contribution in [2.24, 2.45) is 0 Å². The Hall–Kier alpha value is -3.01. The molecule has 1 aliphatic rings. The largest absolute Gasteiger partial charge is 0.497 e. The Kier molecular flexibility index (Phi) is 9.81. The predicted molar refractivity (Wildman–Crippen MR) is 130 cm³/mol. The maximum Gasteiger partial charge on any atom is 0.306 e. The number of rotatable bonds is 11. The van der Waals surface area contributed by atoms with Gasteiger partial charge in [-0.25, -0.2) is 0 Å². The molecule has 1 aromatic heterocycles. The molecule has 0 spiro atoms. The van der Waals surface area contributed by atoms with Gasteiger partial charge in [-0.05, 0) is 44.0 Å². The van der Waals surface area contributed by atoms with Gasteiger partial charge in [-0.2, -0.15) is 0 Å². The van der Waals surface area contributed by atoms with Gasteiger partial charge in [-0.1, -0.05) is 30.6 Å². The lowest BCUT2D eigenvalue weighted by Gasteiger charge is -2.34. The van der Waals surface area contributed by atoms with Crippen LogP contribution in [-0.4, -0.2) is 59.2 Å². The number of hydrogen-bond acceptors (Lipinski definition) is 8. The zero-order valence-corrected chi connectivity index (χ0v) is 20.6. The second kappa shape index (κ2) is 13.0. The fraction of sp³-hybridized carbons (Fsp3) is 0.542. The van der Waals surface area contributed by atoms with Crippen LogP contribution in [-0.2, 0) is 19.1 Å². The van der Waals surface area contributed by atoms with Crippen molar-refractivity contribution in [2.75, 3.05) is 25.6 Å². The number of ether oxygens (including phenoxy) is 2. The van der Waals surface area contributed by atoms with Gasteiger partial charge in [-0.3, -0.25) is 14.4 Å². The van der Waals surface area contributed by atoms with Crippen LogP contribution in [0.4, 0.5) is 5.13 Å². The molecule has 0 radical (unpaired) electrons. The molecule has 1 aliphatic carbocycles. The van der Waals surface area contributed by atoms with Crippen molar-refractivity contribution in [1.29, 1.82) is 0 Å². The molecule has 0 atom stereocenters. The van der Waals surface area contributed by atoms with Gasteiger partial charge in [-0.15, -0.1) is 10.2 Å². The van der Waals surface area contributed by atoms with Gasteiger partial charge in [0.15, 0.2) is 0 Å². The van der Waals surface area contributed by atoms with Crippen LogP contribution in [0.15, 0.2) is 24.3 Å². The van der Waals surface area contributed by atoms with Crippen LogP contribution in [0.5, 0.6) is 5.75 Å². The summed E-state index contributed by atoms with van der Waals surface area (Å²) in [5, 5.41) is 12.1. The average molecular weight is 489 g/mol. The van der Waals surface area contributed by atoms with E-state index in [0.29, 0.717) is 23.3 Å². The van der Waals surface area contributed by atoms with E-state index >= 15 is 0 Å². The van der Waals surface area contributed by atoms with Gasteiger partial charge >= 0.3 is 5.97 Å². The Bertz CT molecular complexity index is 957. The van der Waals surface area contributed by atoms with Gasteiger partial charge in [0.2, 0.25) is 16.9 Å². The summed E-state index contributed by atoms with van der Waals surface area (Å²) in [5.74, 6) is 0.0455. The summed E-state index contributed by atoms with van der Waals surface area (Å²) in [5.41, 5.74) is 0.884. The molecule has 9 nitrogen and oxygen atoms in total. The summed E-state index contributed by atoms with van der Waals surface area (Å²) in [6, 6.07) is 7.56. The third-order valence-corrected chi connectivity index (χ3v) is 6.66. The average Bonchev–Trinajstić information content (AvgIpc) is 3.32. The third-order valence-electron chi connectivity index (χ3n) is 5.77. The Morgan fingerprint density at radius 3 is 2.47 bits per heavy atom. The summed E-state index contributed by atoms with van der Waals surface area (Å²) in [4.78, 5) is 38.9. The standard InChI is InChI=1S/C24H32N4O5S/c1-3-33-22(31)14-13-21(30)28(18-7-5-4-6-8-18)16-15-20(29)25-24-27-26-23(34-24)17-9-11-19(32-2)12-10-17/h9-12,18H,3-8,13-16H2,1-2H3,(H,25,27,29). The molecular formula is C24H32N4O5S. The maximum atomic E-state index is 12.9. The second-order valence-corrected chi connectivity index (χ2v) is 9.10. The Balaban J connectivity index is 1.55. The van der Waals surface area contributed by atoms with Crippen LogP contribution >= 0.6 is 11.3 Å². The Morgan fingerprint density at radius 2 is 1.79 bits per heavy atom. The number of carbonyl (C=O) groups excluding carboxylic acids is 3. The molecule has 0 bridgehead atoms. The third kappa shape index (κ3) is 7.51. The van der Waals surface area contributed by atoms with Crippen molar-refractivity contribution in [3.05, 3.63) is 24.3 Å². The lowest BCUT2D eigenvalue weighted by Crippen LogP contribution is -2.43. The van der Waals surface area contributed by atoms with E-state index in [1.54, 1.807) is 18.9 Å². The number of amides is 2. The van der Waals surface area contributed by atoms with Crippen LogP contribution in [0, 0.1) is 0 Å². The number of hydrogen-bond donors (Lipinski definition) is 1. The first kappa shape index (κ1) is 25.6. The summed E-state index contributed by atoms with van der Waals surface area (Å²) in [6.45, 7) is 2.35. The van der Waals surface area contributed by atoms with E-state index < -0.39 is 0 Å². The van der Waals surface area contributed by atoms with Gasteiger partial charge in [0.1, 0.15) is 10.8 Å². The first-order valence-corrected chi connectivity index (χ1v) is 12.5. The van der Waals surface area contributed by atoms with Crippen LogP contribution in [0.2, 0.25) is 0 Å². The molecule has 34 heavy (non-hydrogen) atoms. The minimum Gasteiger partial charge on any atom is -0.497 e. The zero-order chi connectivity index (χ0) is 24.3. The fourth-order valence-corrected chi connectivity index (χ4v) is 4.78. The van der Waals surface area contributed by atoms with Crippen molar-refractivity contribution in [2.45, 2.75) is 64.3 Å². The van der Waals surface area contributed by atoms with Crippen molar-refractivity contribution in [1.82, 2.24) is 15.1 Å². The second-order valence-electron chi connectivity index (χ2n) is 8.12. The first-order chi connectivity index (χ1) is 16.5. The number of methoxy groups -OCH3 is 1. The van der Waals surface area contributed by atoms with E-state index in [9.17, 15) is 14.4 Å². The van der Waals surface area contributed by atoms with Crippen molar-refractivity contribution in [3.63, 3.8) is 0 Å². The molecular weight excluding hydrogens is 456 g/mol. The number of esters is 1. The zero-order valence-electron chi connectivity index (χ0n) is 19.7. The predicted octanol–water partition coefficient (Wildman–Crippen LogP) is 4.05. The molecule has 1 aromatic carbocycles. The highest BCUT2D eigenvalue weighted by atomic mass is 32.1. The molecule has 184 valence electrons. The van der Waals surface area contributed by atoms with Gasteiger partial charge in [0.05, 0.1) is 20.1 Å². The van der Waals surface area contributed by atoms with Crippen LogP contribution < -0.4 is 10.1 Å². The molecule has 1 fully saturated rings. The van der Waals surface area contributed by atoms with Crippen LogP contribution in [0.3, 0.4) is 0 Å². The van der Waals surface area contributed by atoms with Gasteiger partial charge < -0.3 is 19.7 Å². The van der Waals surface area contributed by atoms with E-state index in [-0.39, 0.29) is 43.1 Å². The Labute approximate surface area is 203 Å². The first-order valence-electron chi connectivity index (χ1n) is 11.7.